The summed E-state index contributed by atoms with van der Waals surface area (Å²) in [6.07, 6.45) is 0.723. The van der Waals surface area contributed by atoms with Crippen molar-refractivity contribution in [2.45, 2.75) is 20.3 Å². The molecule has 0 aliphatic carbocycles. The molecule has 6 nitrogen and oxygen atoms in total. The maximum absolute atomic E-state index is 13.4. The fraction of sp³-hybridized carbons (Fsp3) is 0.292. The molecule has 2 aromatic carbocycles. The minimum absolute atomic E-state index is 0.0129. The summed E-state index contributed by atoms with van der Waals surface area (Å²) < 4.78 is 0. The Morgan fingerprint density at radius 2 is 1.65 bits per heavy atom. The summed E-state index contributed by atoms with van der Waals surface area (Å²) in [7, 11) is 0. The molecule has 7 heteroatoms. The molecule has 0 saturated carbocycles. The van der Waals surface area contributed by atoms with Crippen molar-refractivity contribution in [3.63, 3.8) is 0 Å². The van der Waals surface area contributed by atoms with E-state index >= 15 is 0 Å². The number of pyridine rings is 1. The third-order valence-electron chi connectivity index (χ3n) is 5.49. The van der Waals surface area contributed by atoms with Crippen molar-refractivity contribution >= 4 is 40.1 Å². The highest BCUT2D eigenvalue weighted by Gasteiger charge is 2.24. The van der Waals surface area contributed by atoms with Gasteiger partial charge in [-0.1, -0.05) is 23.2 Å². The van der Waals surface area contributed by atoms with Crippen LogP contribution in [0.5, 0.6) is 0 Å². The quantitative estimate of drug-likeness (QED) is 0.622. The van der Waals surface area contributed by atoms with E-state index in [1.165, 1.54) is 0 Å². The third kappa shape index (κ3) is 4.80. The number of rotatable bonds is 2. The first-order chi connectivity index (χ1) is 14.9. The number of aryl methyl sites for hydroxylation is 2. The lowest BCUT2D eigenvalue weighted by atomic mass is 10.0. The van der Waals surface area contributed by atoms with Crippen LogP contribution in [0.25, 0.3) is 10.9 Å². The number of urea groups is 1. The number of amides is 3. The third-order valence-corrected chi connectivity index (χ3v) is 5.74. The Labute approximate surface area is 186 Å². The molecular weight excluding hydrogens is 412 g/mol. The maximum Gasteiger partial charge on any atom is 0.321 e. The van der Waals surface area contributed by atoms with Crippen LogP contribution in [0.1, 0.15) is 28.0 Å². The van der Waals surface area contributed by atoms with E-state index < -0.39 is 0 Å². The van der Waals surface area contributed by atoms with Gasteiger partial charge in [-0.15, -0.1) is 0 Å². The second kappa shape index (κ2) is 8.94. The zero-order chi connectivity index (χ0) is 22.0. The van der Waals surface area contributed by atoms with E-state index in [0.29, 0.717) is 42.5 Å². The SMILES string of the molecule is Cc1ccc2nc(C)cc(C(=O)N3CCCN(C(=O)Nc4ccc(Cl)cc4)CC3)c2c1. The van der Waals surface area contributed by atoms with Crippen molar-refractivity contribution < 1.29 is 9.59 Å². The van der Waals surface area contributed by atoms with E-state index in [4.69, 9.17) is 11.6 Å². The molecule has 1 aromatic heterocycles. The molecular formula is C24H25ClN4O2. The molecule has 2 heterocycles. The second-order valence-corrected chi connectivity index (χ2v) is 8.34. The highest BCUT2D eigenvalue weighted by atomic mass is 35.5. The minimum Gasteiger partial charge on any atom is -0.337 e. The van der Waals surface area contributed by atoms with Gasteiger partial charge in [0.05, 0.1) is 11.1 Å². The van der Waals surface area contributed by atoms with Crippen LogP contribution in [0.15, 0.2) is 48.5 Å². The first-order valence-electron chi connectivity index (χ1n) is 10.4. The predicted molar refractivity (Wildman–Crippen MR) is 124 cm³/mol. The Morgan fingerprint density at radius 1 is 0.935 bits per heavy atom. The van der Waals surface area contributed by atoms with E-state index in [0.717, 1.165) is 28.6 Å². The van der Waals surface area contributed by atoms with Gasteiger partial charge >= 0.3 is 6.03 Å². The number of carbonyl (C=O) groups is 2. The average molecular weight is 437 g/mol. The van der Waals surface area contributed by atoms with Crippen molar-refractivity contribution in [1.29, 1.82) is 0 Å². The van der Waals surface area contributed by atoms with Crippen LogP contribution in [-0.4, -0.2) is 52.9 Å². The van der Waals surface area contributed by atoms with Crippen LogP contribution < -0.4 is 5.32 Å². The number of carbonyl (C=O) groups excluding carboxylic acids is 2. The first-order valence-corrected chi connectivity index (χ1v) is 10.8. The summed E-state index contributed by atoms with van der Waals surface area (Å²) in [5.74, 6) is -0.0129. The summed E-state index contributed by atoms with van der Waals surface area (Å²) in [5, 5.41) is 4.39. The molecule has 0 unspecified atom stereocenters. The van der Waals surface area contributed by atoms with Gasteiger partial charge in [0, 0.05) is 48.0 Å². The number of hydrogen-bond acceptors (Lipinski definition) is 3. The normalized spacial score (nSPS) is 14.4. The topological polar surface area (TPSA) is 65.5 Å². The largest absolute Gasteiger partial charge is 0.337 e. The standard InChI is InChI=1S/C24H25ClN4O2/c1-16-4-9-22-20(14-16)21(15-17(2)26-22)23(30)28-10-3-11-29(13-12-28)24(31)27-19-7-5-18(25)6-8-19/h4-9,14-15H,3,10-13H2,1-2H3,(H,27,31). The van der Waals surface area contributed by atoms with Crippen LogP contribution in [0.3, 0.4) is 0 Å². The molecule has 1 N–H and O–H groups in total. The number of nitrogens with one attached hydrogen (secondary N) is 1. The van der Waals surface area contributed by atoms with Crippen molar-refractivity contribution in [2.75, 3.05) is 31.5 Å². The predicted octanol–water partition coefficient (Wildman–Crippen LogP) is 4.89. The van der Waals surface area contributed by atoms with Crippen LogP contribution in [-0.2, 0) is 0 Å². The number of hydrogen-bond donors (Lipinski definition) is 1. The summed E-state index contributed by atoms with van der Waals surface area (Å²) in [4.78, 5) is 34.2. The summed E-state index contributed by atoms with van der Waals surface area (Å²) in [5.41, 5.74) is 4.10. The van der Waals surface area contributed by atoms with Gasteiger partial charge in [0.15, 0.2) is 0 Å². The molecule has 160 valence electrons. The molecule has 1 fully saturated rings. The maximum atomic E-state index is 13.4. The minimum atomic E-state index is -0.169. The summed E-state index contributed by atoms with van der Waals surface area (Å²) >= 11 is 5.90. The molecule has 0 atom stereocenters. The van der Waals surface area contributed by atoms with Crippen LogP contribution >= 0.6 is 11.6 Å². The summed E-state index contributed by atoms with van der Waals surface area (Å²) in [6, 6.07) is 14.7. The Hall–Kier alpha value is -3.12. The molecule has 1 aliphatic rings. The van der Waals surface area contributed by atoms with E-state index in [9.17, 15) is 9.59 Å². The molecule has 1 aliphatic heterocycles. The van der Waals surface area contributed by atoms with Gasteiger partial charge in [0.2, 0.25) is 0 Å². The van der Waals surface area contributed by atoms with Gasteiger partial charge < -0.3 is 15.1 Å². The van der Waals surface area contributed by atoms with Gasteiger partial charge in [-0.25, -0.2) is 4.79 Å². The Morgan fingerprint density at radius 3 is 2.42 bits per heavy atom. The van der Waals surface area contributed by atoms with Crippen LogP contribution in [0.2, 0.25) is 5.02 Å². The van der Waals surface area contributed by atoms with E-state index in [1.54, 1.807) is 29.2 Å². The molecule has 31 heavy (non-hydrogen) atoms. The number of anilines is 1. The van der Waals surface area contributed by atoms with Crippen molar-refractivity contribution in [3.05, 3.63) is 70.4 Å². The lowest BCUT2D eigenvalue weighted by Crippen LogP contribution is -2.39. The van der Waals surface area contributed by atoms with Crippen LogP contribution in [0, 0.1) is 13.8 Å². The van der Waals surface area contributed by atoms with Crippen molar-refractivity contribution in [2.24, 2.45) is 0 Å². The Balaban J connectivity index is 1.48. The first kappa shape index (κ1) is 21.1. The van der Waals surface area contributed by atoms with Gasteiger partial charge in [0.25, 0.3) is 5.91 Å². The Kier molecular flexibility index (Phi) is 6.09. The molecule has 0 spiro atoms. The number of benzene rings is 2. The number of aromatic nitrogens is 1. The van der Waals surface area contributed by atoms with E-state index in [1.807, 2.05) is 43.0 Å². The molecule has 4 rings (SSSR count). The molecule has 1 saturated heterocycles. The molecule has 0 bridgehead atoms. The van der Waals surface area contributed by atoms with Gasteiger partial charge in [-0.05, 0) is 62.7 Å². The van der Waals surface area contributed by atoms with Gasteiger partial charge in [0.1, 0.15) is 0 Å². The molecule has 3 amide bonds. The van der Waals surface area contributed by atoms with Gasteiger partial charge in [-0.3, -0.25) is 9.78 Å². The fourth-order valence-corrected chi connectivity index (χ4v) is 4.00. The fourth-order valence-electron chi connectivity index (χ4n) is 3.88. The average Bonchev–Trinajstić information content (AvgIpc) is 3.01. The van der Waals surface area contributed by atoms with Crippen molar-refractivity contribution in [3.8, 4) is 0 Å². The number of nitrogens with zero attached hydrogens (tertiary/aromatic N) is 3. The number of fused-ring (bicyclic) bond motifs is 1. The smallest absolute Gasteiger partial charge is 0.321 e. The lowest BCUT2D eigenvalue weighted by molar-refractivity contribution is 0.0764. The van der Waals surface area contributed by atoms with E-state index in [-0.39, 0.29) is 11.9 Å². The van der Waals surface area contributed by atoms with Crippen molar-refractivity contribution in [1.82, 2.24) is 14.8 Å². The van der Waals surface area contributed by atoms with Gasteiger partial charge in [-0.2, -0.15) is 0 Å². The monoisotopic (exact) mass is 436 g/mol. The lowest BCUT2D eigenvalue weighted by Gasteiger charge is -2.23. The number of halogens is 1. The van der Waals surface area contributed by atoms with Crippen LogP contribution in [0.4, 0.5) is 10.5 Å². The highest BCUT2D eigenvalue weighted by Crippen LogP contribution is 2.22. The Bertz CT molecular complexity index is 1130. The second-order valence-electron chi connectivity index (χ2n) is 7.90. The zero-order valence-electron chi connectivity index (χ0n) is 17.7. The highest BCUT2D eigenvalue weighted by molar-refractivity contribution is 6.30. The van der Waals surface area contributed by atoms with E-state index in [2.05, 4.69) is 10.3 Å². The molecule has 0 radical (unpaired) electrons. The zero-order valence-corrected chi connectivity index (χ0v) is 18.4. The molecule has 3 aromatic rings. The summed E-state index contributed by atoms with van der Waals surface area (Å²) in [6.45, 7) is 6.09.